The number of Topliss-reactive ketones (excluding diaryl/α,β-unsaturated/α-hetero) is 1. The number of rotatable bonds is 6. The Labute approximate surface area is 129 Å². The predicted octanol–water partition coefficient (Wildman–Crippen LogP) is 3.99. The Hall–Kier alpha value is -1.94. The Kier molecular flexibility index (Phi) is 5.28. The molecule has 0 aromatic heterocycles. The first-order valence-corrected chi connectivity index (χ1v) is 7.58. The topological polar surface area (TPSA) is 35.5 Å². The maximum atomic E-state index is 12.1. The van der Waals surface area contributed by atoms with Crippen molar-refractivity contribution in [2.45, 2.75) is 11.8 Å². The van der Waals surface area contributed by atoms with E-state index in [1.165, 1.54) is 11.8 Å². The van der Waals surface area contributed by atoms with Gasteiger partial charge in [-0.25, -0.2) is 0 Å². The van der Waals surface area contributed by atoms with Crippen LogP contribution in [0, 0.1) is 6.92 Å². The highest BCUT2D eigenvalue weighted by atomic mass is 32.2. The number of carbonyl (C=O) groups excluding carboxylic acids is 1. The highest BCUT2D eigenvalue weighted by Gasteiger charge is 2.13. The first kappa shape index (κ1) is 15.4. The van der Waals surface area contributed by atoms with Crippen LogP contribution in [-0.2, 0) is 0 Å². The SMILES string of the molecule is COc1ccc(SCC(=O)c2ccccc2)c(C)c1OC. The number of benzene rings is 2. The van der Waals surface area contributed by atoms with Gasteiger partial charge >= 0.3 is 0 Å². The van der Waals surface area contributed by atoms with Crippen LogP contribution in [0.1, 0.15) is 15.9 Å². The lowest BCUT2D eigenvalue weighted by molar-refractivity contribution is 0.102. The molecule has 0 saturated heterocycles. The van der Waals surface area contributed by atoms with Crippen LogP contribution in [-0.4, -0.2) is 25.8 Å². The van der Waals surface area contributed by atoms with E-state index in [-0.39, 0.29) is 5.78 Å². The smallest absolute Gasteiger partial charge is 0.173 e. The van der Waals surface area contributed by atoms with Gasteiger partial charge in [-0.2, -0.15) is 0 Å². The molecule has 21 heavy (non-hydrogen) atoms. The van der Waals surface area contributed by atoms with Crippen LogP contribution in [0.25, 0.3) is 0 Å². The number of ether oxygens (including phenoxy) is 2. The molecule has 0 heterocycles. The predicted molar refractivity (Wildman–Crippen MR) is 85.8 cm³/mol. The van der Waals surface area contributed by atoms with Gasteiger partial charge in [0.25, 0.3) is 0 Å². The van der Waals surface area contributed by atoms with E-state index in [1.807, 2.05) is 49.4 Å². The molecule has 2 aromatic carbocycles. The lowest BCUT2D eigenvalue weighted by Crippen LogP contribution is -2.02. The zero-order chi connectivity index (χ0) is 15.2. The Balaban J connectivity index is 2.12. The molecule has 3 nitrogen and oxygen atoms in total. The maximum absolute atomic E-state index is 12.1. The van der Waals surface area contributed by atoms with Crippen LogP contribution < -0.4 is 9.47 Å². The molecular weight excluding hydrogens is 284 g/mol. The van der Waals surface area contributed by atoms with E-state index < -0.39 is 0 Å². The molecule has 0 aliphatic rings. The summed E-state index contributed by atoms with van der Waals surface area (Å²) in [7, 11) is 3.23. The second-order valence-corrected chi connectivity index (χ2v) is 5.52. The van der Waals surface area contributed by atoms with Crippen LogP contribution in [0.15, 0.2) is 47.4 Å². The molecule has 0 unspecified atom stereocenters. The average Bonchev–Trinajstić information content (AvgIpc) is 2.53. The molecule has 0 radical (unpaired) electrons. The summed E-state index contributed by atoms with van der Waals surface area (Å²) in [4.78, 5) is 13.2. The second kappa shape index (κ2) is 7.18. The standard InChI is InChI=1S/C17H18O3S/c1-12-16(10-9-15(19-2)17(12)20-3)21-11-14(18)13-7-5-4-6-8-13/h4-10H,11H2,1-3H3. The lowest BCUT2D eigenvalue weighted by Gasteiger charge is -2.13. The number of hydrogen-bond acceptors (Lipinski definition) is 4. The molecule has 0 saturated carbocycles. The van der Waals surface area contributed by atoms with Crippen molar-refractivity contribution in [1.29, 1.82) is 0 Å². The summed E-state index contributed by atoms with van der Waals surface area (Å²) in [5, 5.41) is 0. The number of thioether (sulfide) groups is 1. The van der Waals surface area contributed by atoms with E-state index in [4.69, 9.17) is 9.47 Å². The third kappa shape index (κ3) is 3.58. The fourth-order valence-electron chi connectivity index (χ4n) is 2.07. The molecule has 0 N–H and O–H groups in total. The normalized spacial score (nSPS) is 10.2. The van der Waals surface area contributed by atoms with Gasteiger partial charge in [0.1, 0.15) is 0 Å². The molecular formula is C17H18O3S. The average molecular weight is 302 g/mol. The van der Waals surface area contributed by atoms with Crippen molar-refractivity contribution < 1.29 is 14.3 Å². The Bertz CT molecular complexity index is 623. The van der Waals surface area contributed by atoms with Crippen molar-refractivity contribution in [3.8, 4) is 11.5 Å². The Morgan fingerprint density at radius 1 is 1.05 bits per heavy atom. The van der Waals surface area contributed by atoms with Crippen LogP contribution in [0.2, 0.25) is 0 Å². The van der Waals surface area contributed by atoms with E-state index in [0.717, 1.165) is 21.8 Å². The molecule has 0 spiro atoms. The highest BCUT2D eigenvalue weighted by molar-refractivity contribution is 8.00. The first-order valence-electron chi connectivity index (χ1n) is 6.60. The number of carbonyl (C=O) groups is 1. The fraction of sp³-hybridized carbons (Fsp3) is 0.235. The van der Waals surface area contributed by atoms with Crippen molar-refractivity contribution in [1.82, 2.24) is 0 Å². The minimum absolute atomic E-state index is 0.120. The summed E-state index contributed by atoms with van der Waals surface area (Å²) in [6, 6.07) is 13.1. The first-order chi connectivity index (χ1) is 10.2. The van der Waals surface area contributed by atoms with Crippen molar-refractivity contribution in [3.63, 3.8) is 0 Å². The van der Waals surface area contributed by atoms with Gasteiger partial charge in [0.2, 0.25) is 0 Å². The molecule has 2 rings (SSSR count). The second-order valence-electron chi connectivity index (χ2n) is 4.50. The molecule has 0 amide bonds. The van der Waals surface area contributed by atoms with Gasteiger partial charge in [0, 0.05) is 16.0 Å². The zero-order valence-electron chi connectivity index (χ0n) is 12.4. The molecule has 0 fully saturated rings. The van der Waals surface area contributed by atoms with Crippen molar-refractivity contribution in [3.05, 3.63) is 53.6 Å². The molecule has 110 valence electrons. The molecule has 2 aromatic rings. The van der Waals surface area contributed by atoms with Gasteiger partial charge in [-0.15, -0.1) is 11.8 Å². The maximum Gasteiger partial charge on any atom is 0.173 e. The fourth-order valence-corrected chi connectivity index (χ4v) is 3.00. The molecule has 0 bridgehead atoms. The van der Waals surface area contributed by atoms with Gasteiger partial charge in [-0.3, -0.25) is 4.79 Å². The van der Waals surface area contributed by atoms with Gasteiger partial charge in [-0.1, -0.05) is 30.3 Å². The molecule has 0 aliphatic carbocycles. The van der Waals surface area contributed by atoms with Gasteiger partial charge < -0.3 is 9.47 Å². The number of methoxy groups -OCH3 is 2. The molecule has 0 atom stereocenters. The van der Waals surface area contributed by atoms with Gasteiger partial charge in [0.15, 0.2) is 17.3 Å². The summed E-state index contributed by atoms with van der Waals surface area (Å²) < 4.78 is 10.6. The van der Waals surface area contributed by atoms with E-state index in [2.05, 4.69) is 0 Å². The molecule has 4 heteroatoms. The number of hydrogen-bond donors (Lipinski definition) is 0. The van der Waals surface area contributed by atoms with E-state index in [1.54, 1.807) is 14.2 Å². The van der Waals surface area contributed by atoms with Crippen molar-refractivity contribution in [2.24, 2.45) is 0 Å². The summed E-state index contributed by atoms with van der Waals surface area (Å²) in [5.41, 5.74) is 1.73. The summed E-state index contributed by atoms with van der Waals surface area (Å²) in [5.74, 6) is 1.94. The Morgan fingerprint density at radius 3 is 2.38 bits per heavy atom. The van der Waals surface area contributed by atoms with Crippen LogP contribution in [0.3, 0.4) is 0 Å². The summed E-state index contributed by atoms with van der Waals surface area (Å²) >= 11 is 1.51. The quantitative estimate of drug-likeness (QED) is 0.597. The van der Waals surface area contributed by atoms with Crippen molar-refractivity contribution in [2.75, 3.05) is 20.0 Å². The van der Waals surface area contributed by atoms with Crippen LogP contribution in [0.4, 0.5) is 0 Å². The summed E-state index contributed by atoms with van der Waals surface area (Å²) in [6.45, 7) is 1.97. The highest BCUT2D eigenvalue weighted by Crippen LogP contribution is 2.37. The van der Waals surface area contributed by atoms with Gasteiger partial charge in [-0.05, 0) is 19.1 Å². The van der Waals surface area contributed by atoms with E-state index in [9.17, 15) is 4.79 Å². The number of ketones is 1. The minimum Gasteiger partial charge on any atom is -0.493 e. The third-order valence-corrected chi connectivity index (χ3v) is 4.36. The third-order valence-electron chi connectivity index (χ3n) is 3.20. The van der Waals surface area contributed by atoms with Crippen molar-refractivity contribution >= 4 is 17.5 Å². The minimum atomic E-state index is 0.120. The van der Waals surface area contributed by atoms with E-state index in [0.29, 0.717) is 11.5 Å². The van der Waals surface area contributed by atoms with Gasteiger partial charge in [0.05, 0.1) is 20.0 Å². The monoisotopic (exact) mass is 302 g/mol. The summed E-state index contributed by atoms with van der Waals surface area (Å²) in [6.07, 6.45) is 0. The van der Waals surface area contributed by atoms with Crippen LogP contribution >= 0.6 is 11.8 Å². The zero-order valence-corrected chi connectivity index (χ0v) is 13.2. The Morgan fingerprint density at radius 2 is 1.76 bits per heavy atom. The lowest BCUT2D eigenvalue weighted by atomic mass is 10.2. The van der Waals surface area contributed by atoms with Crippen LogP contribution in [0.5, 0.6) is 11.5 Å². The van der Waals surface area contributed by atoms with E-state index >= 15 is 0 Å². The largest absolute Gasteiger partial charge is 0.493 e. The molecule has 0 aliphatic heterocycles.